The average Bonchev–Trinajstić information content (AvgIpc) is 3.13. The number of carbonyl (C=O) groups is 2. The zero-order valence-corrected chi connectivity index (χ0v) is 33.5. The van der Waals surface area contributed by atoms with Crippen molar-refractivity contribution in [3.63, 3.8) is 0 Å². The Labute approximate surface area is 316 Å². The number of rotatable bonds is 13. The number of anilines is 2. The van der Waals surface area contributed by atoms with Crippen LogP contribution in [0.3, 0.4) is 0 Å². The molecule has 9 heteroatoms. The fourth-order valence-corrected chi connectivity index (χ4v) is 12.4. The molecule has 0 saturated heterocycles. The van der Waals surface area contributed by atoms with Gasteiger partial charge in [0.05, 0.1) is 29.2 Å². The SMILES string of the molecule is CCS(=O)(=O)c1ccc(CC(=O)Nc2ccc(C(=O)N(c3ccc(C)cc3)C(C)(C)CO[Si](c3ccccc3)(c3ccccc3)C(C)(C)C)cc2)cc1. The van der Waals surface area contributed by atoms with E-state index in [1.54, 1.807) is 43.3 Å². The summed E-state index contributed by atoms with van der Waals surface area (Å²) in [7, 11) is -6.21. The van der Waals surface area contributed by atoms with E-state index in [1.165, 1.54) is 22.5 Å². The molecular formula is C44H50N2O5SSi. The Hall–Kier alpha value is -4.83. The van der Waals surface area contributed by atoms with Crippen molar-refractivity contribution in [2.75, 3.05) is 22.6 Å². The van der Waals surface area contributed by atoms with Gasteiger partial charge in [0.15, 0.2) is 9.84 Å². The van der Waals surface area contributed by atoms with E-state index in [9.17, 15) is 18.0 Å². The molecule has 5 aromatic carbocycles. The van der Waals surface area contributed by atoms with Crippen LogP contribution in [0, 0.1) is 6.92 Å². The maximum Gasteiger partial charge on any atom is 0.261 e. The Morgan fingerprint density at radius 2 is 1.25 bits per heavy atom. The summed E-state index contributed by atoms with van der Waals surface area (Å²) in [5.74, 6) is -0.426. The number of sulfone groups is 1. The molecule has 5 aromatic rings. The predicted molar refractivity (Wildman–Crippen MR) is 219 cm³/mol. The lowest BCUT2D eigenvalue weighted by Gasteiger charge is -2.46. The van der Waals surface area contributed by atoms with Gasteiger partial charge in [-0.05, 0) is 90.3 Å². The van der Waals surface area contributed by atoms with Crippen LogP contribution in [0.5, 0.6) is 0 Å². The van der Waals surface area contributed by atoms with E-state index in [4.69, 9.17) is 4.43 Å². The molecule has 0 unspecified atom stereocenters. The second kappa shape index (κ2) is 16.0. The number of hydrogen-bond acceptors (Lipinski definition) is 5. The van der Waals surface area contributed by atoms with E-state index in [1.807, 2.05) is 62.1 Å². The summed E-state index contributed by atoms with van der Waals surface area (Å²) in [6.45, 7) is 14.7. The van der Waals surface area contributed by atoms with E-state index in [-0.39, 0.29) is 40.5 Å². The van der Waals surface area contributed by atoms with Gasteiger partial charge in [0.25, 0.3) is 14.2 Å². The summed E-state index contributed by atoms with van der Waals surface area (Å²) in [4.78, 5) is 29.5. The quantitative estimate of drug-likeness (QED) is 0.124. The molecule has 0 bridgehead atoms. The Bertz CT molecular complexity index is 2070. The van der Waals surface area contributed by atoms with Crippen LogP contribution in [0.4, 0.5) is 11.4 Å². The molecule has 0 atom stereocenters. The first-order valence-corrected chi connectivity index (χ1v) is 21.5. The summed E-state index contributed by atoms with van der Waals surface area (Å²) in [6, 6.07) is 42.2. The highest BCUT2D eigenvalue weighted by Crippen LogP contribution is 2.38. The van der Waals surface area contributed by atoms with Crippen LogP contribution in [0.15, 0.2) is 138 Å². The lowest BCUT2D eigenvalue weighted by Crippen LogP contribution is -2.68. The minimum Gasteiger partial charge on any atom is -0.405 e. The first-order chi connectivity index (χ1) is 25.1. The highest BCUT2D eigenvalue weighted by atomic mass is 32.2. The third-order valence-corrected chi connectivity index (χ3v) is 16.3. The van der Waals surface area contributed by atoms with Crippen LogP contribution in [-0.2, 0) is 25.5 Å². The number of amides is 2. The van der Waals surface area contributed by atoms with Crippen LogP contribution in [0.25, 0.3) is 0 Å². The molecule has 0 aromatic heterocycles. The van der Waals surface area contributed by atoms with Gasteiger partial charge in [0.1, 0.15) is 0 Å². The molecule has 0 aliphatic carbocycles. The Balaban J connectivity index is 1.41. The van der Waals surface area contributed by atoms with E-state index in [0.717, 1.165) is 11.3 Å². The van der Waals surface area contributed by atoms with E-state index < -0.39 is 23.7 Å². The second-order valence-electron chi connectivity index (χ2n) is 15.1. The largest absolute Gasteiger partial charge is 0.405 e. The summed E-state index contributed by atoms with van der Waals surface area (Å²) >= 11 is 0. The van der Waals surface area contributed by atoms with Crippen molar-refractivity contribution >= 4 is 51.7 Å². The minimum absolute atomic E-state index is 0.0152. The molecule has 0 fully saturated rings. The zero-order chi connectivity index (χ0) is 38.4. The summed E-state index contributed by atoms with van der Waals surface area (Å²) in [6.07, 6.45) is 0.0772. The van der Waals surface area contributed by atoms with Crippen molar-refractivity contribution < 1.29 is 22.4 Å². The summed E-state index contributed by atoms with van der Waals surface area (Å²) in [5, 5.41) is 5.00. The Morgan fingerprint density at radius 3 is 1.74 bits per heavy atom. The van der Waals surface area contributed by atoms with Gasteiger partial charge in [-0.2, -0.15) is 0 Å². The fraction of sp³-hybridized carbons (Fsp3) is 0.273. The molecule has 2 amide bonds. The first kappa shape index (κ1) is 39.4. The average molecular weight is 747 g/mol. The van der Waals surface area contributed by atoms with Gasteiger partial charge in [-0.1, -0.05) is 118 Å². The highest BCUT2D eigenvalue weighted by Gasteiger charge is 2.51. The van der Waals surface area contributed by atoms with E-state index in [0.29, 0.717) is 16.8 Å². The number of nitrogens with zero attached hydrogens (tertiary/aromatic N) is 1. The summed E-state index contributed by atoms with van der Waals surface area (Å²) < 4.78 is 31.6. The van der Waals surface area contributed by atoms with Gasteiger partial charge < -0.3 is 14.6 Å². The van der Waals surface area contributed by atoms with Crippen LogP contribution >= 0.6 is 0 Å². The van der Waals surface area contributed by atoms with E-state index >= 15 is 0 Å². The van der Waals surface area contributed by atoms with Gasteiger partial charge >= 0.3 is 0 Å². The third kappa shape index (κ3) is 8.87. The molecular weight excluding hydrogens is 697 g/mol. The molecule has 7 nitrogen and oxygen atoms in total. The molecule has 0 aliphatic heterocycles. The molecule has 1 N–H and O–H groups in total. The van der Waals surface area contributed by atoms with Crippen LogP contribution in [0.2, 0.25) is 5.04 Å². The highest BCUT2D eigenvalue weighted by molar-refractivity contribution is 7.91. The van der Waals surface area contributed by atoms with E-state index in [2.05, 4.69) is 74.6 Å². The topological polar surface area (TPSA) is 92.8 Å². The lowest BCUT2D eigenvalue weighted by atomic mass is 10.0. The summed E-state index contributed by atoms with van der Waals surface area (Å²) in [5.41, 5.74) is 2.78. The molecule has 0 radical (unpaired) electrons. The number of aryl methyl sites for hydroxylation is 1. The number of hydrogen-bond donors (Lipinski definition) is 1. The van der Waals surface area contributed by atoms with Gasteiger partial charge in [0.2, 0.25) is 5.91 Å². The fourth-order valence-electron chi connectivity index (χ4n) is 6.74. The normalized spacial score (nSPS) is 12.3. The van der Waals surface area contributed by atoms with Gasteiger partial charge in [0, 0.05) is 16.9 Å². The van der Waals surface area contributed by atoms with Crippen molar-refractivity contribution in [3.05, 3.63) is 150 Å². The second-order valence-corrected chi connectivity index (χ2v) is 21.7. The molecule has 0 spiro atoms. The van der Waals surface area contributed by atoms with Crippen molar-refractivity contribution in [3.8, 4) is 0 Å². The Morgan fingerprint density at radius 1 is 0.717 bits per heavy atom. The molecule has 0 aliphatic rings. The third-order valence-electron chi connectivity index (χ3n) is 9.60. The van der Waals surface area contributed by atoms with Gasteiger partial charge in [-0.3, -0.25) is 9.59 Å². The van der Waals surface area contributed by atoms with Crippen molar-refractivity contribution in [1.82, 2.24) is 0 Å². The first-order valence-electron chi connectivity index (χ1n) is 18.0. The molecule has 0 heterocycles. The molecule has 53 heavy (non-hydrogen) atoms. The van der Waals surface area contributed by atoms with Crippen LogP contribution < -0.4 is 20.6 Å². The molecule has 276 valence electrons. The maximum absolute atomic E-state index is 14.6. The number of benzene rings is 5. The Kier molecular flexibility index (Phi) is 11.9. The number of nitrogens with one attached hydrogen (secondary N) is 1. The van der Waals surface area contributed by atoms with Crippen LogP contribution in [0.1, 0.15) is 63.0 Å². The monoisotopic (exact) mass is 746 g/mol. The standard InChI is InChI=1S/C44H50N2O5SSi/c1-8-52(49,50)38-29-21-34(22-30-38)31-41(47)45-36-25-23-35(24-26-36)42(48)46(37-27-19-33(2)20-28-37)44(6,7)32-51-53(43(3,4)5,39-15-11-9-12-16-39)40-17-13-10-14-18-40/h9-30H,8,31-32H2,1-7H3,(H,45,47). The smallest absolute Gasteiger partial charge is 0.261 e. The maximum atomic E-state index is 14.6. The van der Waals surface area contributed by atoms with Gasteiger partial charge in [-0.25, -0.2) is 8.42 Å². The number of carbonyl (C=O) groups excluding carboxylic acids is 2. The zero-order valence-electron chi connectivity index (χ0n) is 31.7. The van der Waals surface area contributed by atoms with Crippen molar-refractivity contribution in [2.45, 2.75) is 70.4 Å². The lowest BCUT2D eigenvalue weighted by molar-refractivity contribution is -0.115. The predicted octanol–water partition coefficient (Wildman–Crippen LogP) is 7.97. The molecule has 0 saturated carbocycles. The van der Waals surface area contributed by atoms with Crippen LogP contribution in [-0.4, -0.2) is 46.4 Å². The molecule has 5 rings (SSSR count). The van der Waals surface area contributed by atoms with Crippen molar-refractivity contribution in [1.29, 1.82) is 0 Å². The van der Waals surface area contributed by atoms with Gasteiger partial charge in [-0.15, -0.1) is 0 Å². The minimum atomic E-state index is -3.31. The van der Waals surface area contributed by atoms with Crippen molar-refractivity contribution in [2.24, 2.45) is 0 Å².